The van der Waals surface area contributed by atoms with Crippen molar-refractivity contribution in [1.82, 2.24) is 15.1 Å². The van der Waals surface area contributed by atoms with E-state index in [9.17, 15) is 14.9 Å². The minimum atomic E-state index is -0.818. The Bertz CT molecular complexity index is 1390. The summed E-state index contributed by atoms with van der Waals surface area (Å²) in [5.74, 6) is -0.655. The molecule has 3 aromatic rings. The van der Waals surface area contributed by atoms with Gasteiger partial charge in [0.15, 0.2) is 5.96 Å². The van der Waals surface area contributed by atoms with Gasteiger partial charge in [-0.3, -0.25) is 15.1 Å². The molecule has 2 atom stereocenters. The standard InChI is InChI=1S/C28H27N5O3S/c1-28(23-12-21(17-37-23)20-10-6-9-19(11-20)13-29)24(25(34)32(2)26(30)31-28)22-14-33(15-22)27(35)36-16-18-7-4-3-5-8-18/h3-12,17,22,24H,14-16H2,1-2H3,(H2,30,31)/t24?,28-/m1/s1. The number of rotatable bonds is 5. The summed E-state index contributed by atoms with van der Waals surface area (Å²) in [7, 11) is 1.60. The second-order valence-corrected chi connectivity index (χ2v) is 10.6. The first-order chi connectivity index (χ1) is 17.8. The van der Waals surface area contributed by atoms with E-state index in [0.717, 1.165) is 21.6 Å². The van der Waals surface area contributed by atoms with Crippen LogP contribution in [0.2, 0.25) is 0 Å². The molecule has 2 aromatic carbocycles. The third-order valence-corrected chi connectivity index (χ3v) is 8.38. The number of hydrogen-bond acceptors (Lipinski definition) is 6. The predicted octanol–water partition coefficient (Wildman–Crippen LogP) is 4.38. The third kappa shape index (κ3) is 4.56. The van der Waals surface area contributed by atoms with E-state index < -0.39 is 17.6 Å². The number of nitrogens with one attached hydrogen (secondary N) is 2. The fourth-order valence-corrected chi connectivity index (χ4v) is 6.15. The van der Waals surface area contributed by atoms with E-state index in [2.05, 4.69) is 11.4 Å². The highest BCUT2D eigenvalue weighted by Gasteiger charge is 2.55. The molecule has 0 radical (unpaired) electrons. The van der Waals surface area contributed by atoms with Gasteiger partial charge in [-0.1, -0.05) is 42.5 Å². The number of benzene rings is 2. The van der Waals surface area contributed by atoms with Crippen LogP contribution in [0, 0.1) is 28.6 Å². The molecular formula is C28H27N5O3S. The number of nitrogens with zero attached hydrogens (tertiary/aromatic N) is 3. The summed E-state index contributed by atoms with van der Waals surface area (Å²) in [6.45, 7) is 2.97. The number of amides is 2. The summed E-state index contributed by atoms with van der Waals surface area (Å²) >= 11 is 1.52. The molecule has 1 unspecified atom stereocenters. The predicted molar refractivity (Wildman–Crippen MR) is 141 cm³/mol. The molecular weight excluding hydrogens is 486 g/mol. The third-order valence-electron chi connectivity index (χ3n) is 7.21. The van der Waals surface area contributed by atoms with Crippen LogP contribution in [0.15, 0.2) is 66.0 Å². The summed E-state index contributed by atoms with van der Waals surface area (Å²) in [6.07, 6.45) is -0.394. The van der Waals surface area contributed by atoms with Crippen LogP contribution in [-0.2, 0) is 21.7 Å². The molecule has 9 heteroatoms. The molecule has 0 aliphatic carbocycles. The van der Waals surface area contributed by atoms with Gasteiger partial charge in [-0.25, -0.2) is 4.79 Å². The molecule has 0 spiro atoms. The summed E-state index contributed by atoms with van der Waals surface area (Å²) in [5, 5.41) is 22.9. The van der Waals surface area contributed by atoms with Crippen LogP contribution >= 0.6 is 11.3 Å². The highest BCUT2D eigenvalue weighted by molar-refractivity contribution is 7.10. The second kappa shape index (κ2) is 9.71. The highest BCUT2D eigenvalue weighted by atomic mass is 32.1. The van der Waals surface area contributed by atoms with E-state index in [-0.39, 0.29) is 24.4 Å². The van der Waals surface area contributed by atoms with E-state index in [1.165, 1.54) is 16.2 Å². The average molecular weight is 514 g/mol. The van der Waals surface area contributed by atoms with Gasteiger partial charge in [0.25, 0.3) is 0 Å². The molecule has 2 aliphatic heterocycles. The van der Waals surface area contributed by atoms with Gasteiger partial charge in [0.2, 0.25) is 5.91 Å². The van der Waals surface area contributed by atoms with Crippen molar-refractivity contribution < 1.29 is 14.3 Å². The smallest absolute Gasteiger partial charge is 0.410 e. The van der Waals surface area contributed by atoms with Crippen molar-refractivity contribution in [2.45, 2.75) is 19.1 Å². The number of likely N-dealkylation sites (tertiary alicyclic amines) is 1. The fraction of sp³-hybridized carbons (Fsp3) is 0.286. The molecule has 5 rings (SSSR count). The van der Waals surface area contributed by atoms with Crippen molar-refractivity contribution >= 4 is 29.3 Å². The number of guanidine groups is 1. The first-order valence-corrected chi connectivity index (χ1v) is 12.9. The van der Waals surface area contributed by atoms with Crippen molar-refractivity contribution in [3.8, 4) is 17.2 Å². The number of hydrogen-bond donors (Lipinski definition) is 2. The van der Waals surface area contributed by atoms with Crippen LogP contribution in [-0.4, -0.2) is 47.9 Å². The molecule has 2 N–H and O–H groups in total. The molecule has 3 heterocycles. The van der Waals surface area contributed by atoms with E-state index >= 15 is 0 Å². The molecule has 2 fully saturated rings. The van der Waals surface area contributed by atoms with Crippen LogP contribution in [0.1, 0.15) is 22.9 Å². The number of carbonyl (C=O) groups excluding carboxylic acids is 2. The summed E-state index contributed by atoms with van der Waals surface area (Å²) in [6, 6.07) is 21.1. The normalized spacial score (nSPS) is 21.7. The monoisotopic (exact) mass is 513 g/mol. The zero-order valence-electron chi connectivity index (χ0n) is 20.6. The Labute approximate surface area is 219 Å². The lowest BCUT2D eigenvalue weighted by Crippen LogP contribution is -2.69. The molecule has 0 saturated carbocycles. The van der Waals surface area contributed by atoms with Gasteiger partial charge in [0.05, 0.1) is 23.1 Å². The SMILES string of the molecule is CN1C(=N)N[C@](C)(c2cc(-c3cccc(C#N)c3)cs2)C(C2CN(C(=O)OCc3ccccc3)C2)C1=O. The van der Waals surface area contributed by atoms with Gasteiger partial charge < -0.3 is 15.0 Å². The van der Waals surface area contributed by atoms with Crippen molar-refractivity contribution in [2.24, 2.45) is 11.8 Å². The van der Waals surface area contributed by atoms with Crippen LogP contribution in [0.25, 0.3) is 11.1 Å². The second-order valence-electron chi connectivity index (χ2n) is 9.65. The Balaban J connectivity index is 1.34. The topological polar surface area (TPSA) is 110 Å². The molecule has 188 valence electrons. The first-order valence-electron chi connectivity index (χ1n) is 12.0. The van der Waals surface area contributed by atoms with Gasteiger partial charge in [-0.15, -0.1) is 11.3 Å². The maximum absolute atomic E-state index is 13.5. The quantitative estimate of drug-likeness (QED) is 0.526. The molecule has 8 nitrogen and oxygen atoms in total. The Morgan fingerprint density at radius 2 is 1.95 bits per heavy atom. The number of ether oxygens (including phenoxy) is 1. The van der Waals surface area contributed by atoms with Gasteiger partial charge in [-0.05, 0) is 47.2 Å². The van der Waals surface area contributed by atoms with Gasteiger partial charge in [-0.2, -0.15) is 5.26 Å². The van der Waals surface area contributed by atoms with Crippen LogP contribution in [0.4, 0.5) is 4.79 Å². The summed E-state index contributed by atoms with van der Waals surface area (Å²) in [5.41, 5.74) is 2.56. The van der Waals surface area contributed by atoms with E-state index in [1.54, 1.807) is 18.0 Å². The van der Waals surface area contributed by atoms with E-state index in [0.29, 0.717) is 18.7 Å². The summed E-state index contributed by atoms with van der Waals surface area (Å²) in [4.78, 5) is 30.0. The highest BCUT2D eigenvalue weighted by Crippen LogP contribution is 2.45. The maximum Gasteiger partial charge on any atom is 0.410 e. The fourth-order valence-electron chi connectivity index (χ4n) is 5.07. The maximum atomic E-state index is 13.5. The van der Waals surface area contributed by atoms with E-state index in [4.69, 9.17) is 10.1 Å². The summed E-state index contributed by atoms with van der Waals surface area (Å²) < 4.78 is 5.46. The lowest BCUT2D eigenvalue weighted by molar-refractivity contribution is -0.141. The van der Waals surface area contributed by atoms with Gasteiger partial charge >= 0.3 is 6.09 Å². The van der Waals surface area contributed by atoms with Crippen LogP contribution in [0.3, 0.4) is 0 Å². The molecule has 0 bridgehead atoms. The molecule has 2 saturated heterocycles. The Morgan fingerprint density at radius 3 is 2.68 bits per heavy atom. The number of thiophene rings is 1. The Morgan fingerprint density at radius 1 is 1.19 bits per heavy atom. The minimum Gasteiger partial charge on any atom is -0.445 e. The van der Waals surface area contributed by atoms with Gasteiger partial charge in [0, 0.05) is 30.9 Å². The minimum absolute atomic E-state index is 0.0450. The Kier molecular flexibility index (Phi) is 6.44. The van der Waals surface area contributed by atoms with Crippen LogP contribution in [0.5, 0.6) is 0 Å². The van der Waals surface area contributed by atoms with Gasteiger partial charge in [0.1, 0.15) is 6.61 Å². The molecule has 2 amide bonds. The zero-order valence-corrected chi connectivity index (χ0v) is 21.4. The lowest BCUT2D eigenvalue weighted by Gasteiger charge is -2.52. The zero-order chi connectivity index (χ0) is 26.2. The molecule has 37 heavy (non-hydrogen) atoms. The van der Waals surface area contributed by atoms with Crippen molar-refractivity contribution in [3.05, 3.63) is 82.0 Å². The first kappa shape index (κ1) is 24.5. The average Bonchev–Trinajstić information content (AvgIpc) is 3.39. The molecule has 1 aromatic heterocycles. The van der Waals surface area contributed by atoms with Crippen molar-refractivity contribution in [3.63, 3.8) is 0 Å². The largest absolute Gasteiger partial charge is 0.445 e. The lowest BCUT2D eigenvalue weighted by atomic mass is 9.70. The molecule has 2 aliphatic rings. The van der Waals surface area contributed by atoms with Crippen LogP contribution < -0.4 is 5.32 Å². The van der Waals surface area contributed by atoms with Crippen molar-refractivity contribution in [2.75, 3.05) is 20.1 Å². The number of carbonyl (C=O) groups is 2. The Hall–Kier alpha value is -4.16. The van der Waals surface area contributed by atoms with Crippen molar-refractivity contribution in [1.29, 1.82) is 10.7 Å². The van der Waals surface area contributed by atoms with E-state index in [1.807, 2.05) is 66.9 Å². The number of nitriles is 1.